The monoisotopic (exact) mass is 371 g/mol. The summed E-state index contributed by atoms with van der Waals surface area (Å²) >= 11 is 5.15. The van der Waals surface area contributed by atoms with E-state index in [2.05, 4.69) is 27.3 Å². The van der Waals surface area contributed by atoms with Gasteiger partial charge in [-0.05, 0) is 43.3 Å². The van der Waals surface area contributed by atoms with Crippen molar-refractivity contribution in [2.24, 2.45) is 0 Å². The van der Waals surface area contributed by atoms with Crippen LogP contribution in [-0.4, -0.2) is 18.8 Å². The van der Waals surface area contributed by atoms with Gasteiger partial charge in [-0.1, -0.05) is 28.1 Å². The van der Waals surface area contributed by atoms with Gasteiger partial charge in [0.1, 0.15) is 11.6 Å². The quantitative estimate of drug-likeness (QED) is 0.741. The number of likely N-dealkylation sites (N-methyl/N-ethyl adjacent to an activating group) is 1. The molecule has 1 atom stereocenters. The summed E-state index contributed by atoms with van der Waals surface area (Å²) in [6.07, 6.45) is 0.531. The van der Waals surface area contributed by atoms with Crippen LogP contribution in [0, 0.1) is 11.6 Å². The Balaban J connectivity index is 1.97. The lowest BCUT2D eigenvalue weighted by atomic mass is 10.1. The largest absolute Gasteiger partial charge is 0.316 e. The van der Waals surface area contributed by atoms with Crippen LogP contribution < -0.4 is 5.32 Å². The first-order chi connectivity index (χ1) is 10.1. The molecule has 0 aliphatic carbocycles. The fourth-order valence-electron chi connectivity index (χ4n) is 1.95. The number of benzene rings is 2. The fourth-order valence-corrected chi connectivity index (χ4v) is 3.56. The molecule has 21 heavy (non-hydrogen) atoms. The van der Waals surface area contributed by atoms with Crippen molar-refractivity contribution in [1.82, 2.24) is 5.32 Å². The van der Waals surface area contributed by atoms with Crippen molar-refractivity contribution in [3.8, 4) is 0 Å². The summed E-state index contributed by atoms with van der Waals surface area (Å²) in [6.45, 7) is 0. The molecule has 0 bridgehead atoms. The van der Waals surface area contributed by atoms with Gasteiger partial charge < -0.3 is 5.32 Å². The van der Waals surface area contributed by atoms with Crippen LogP contribution in [0.1, 0.15) is 5.56 Å². The summed E-state index contributed by atoms with van der Waals surface area (Å²) in [4.78, 5) is 1.16. The minimum absolute atomic E-state index is 0.119. The Bertz CT molecular complexity index is 607. The van der Waals surface area contributed by atoms with E-state index in [1.54, 1.807) is 11.8 Å². The maximum atomic E-state index is 13.7. The van der Waals surface area contributed by atoms with E-state index < -0.39 is 11.6 Å². The van der Waals surface area contributed by atoms with Gasteiger partial charge in [-0.15, -0.1) is 11.8 Å². The maximum absolute atomic E-state index is 13.7. The van der Waals surface area contributed by atoms with Crippen LogP contribution in [0.2, 0.25) is 0 Å². The number of hydrogen-bond acceptors (Lipinski definition) is 2. The van der Waals surface area contributed by atoms with Crippen LogP contribution >= 0.6 is 27.7 Å². The normalized spacial score (nSPS) is 12.4. The summed E-state index contributed by atoms with van der Waals surface area (Å²) in [5.74, 6) is -0.215. The predicted molar refractivity (Wildman–Crippen MR) is 87.8 cm³/mol. The van der Waals surface area contributed by atoms with Crippen LogP contribution in [0.3, 0.4) is 0 Å². The van der Waals surface area contributed by atoms with Gasteiger partial charge in [0, 0.05) is 27.2 Å². The molecule has 0 aromatic heterocycles. The predicted octanol–water partition coefficient (Wildman–Crippen LogP) is 4.65. The highest BCUT2D eigenvalue weighted by Crippen LogP contribution is 2.23. The van der Waals surface area contributed by atoms with Crippen molar-refractivity contribution in [3.05, 3.63) is 64.1 Å². The highest BCUT2D eigenvalue weighted by Gasteiger charge is 2.12. The van der Waals surface area contributed by atoms with Crippen LogP contribution in [-0.2, 0) is 6.42 Å². The SMILES string of the molecule is CNC(CSc1cccc(Br)c1)Cc1ccc(F)cc1F. The van der Waals surface area contributed by atoms with E-state index in [9.17, 15) is 8.78 Å². The molecule has 0 aliphatic heterocycles. The van der Waals surface area contributed by atoms with Gasteiger partial charge in [-0.3, -0.25) is 0 Å². The summed E-state index contributed by atoms with van der Waals surface area (Å²) < 4.78 is 27.6. The van der Waals surface area contributed by atoms with E-state index >= 15 is 0 Å². The van der Waals surface area contributed by atoms with Gasteiger partial charge in [0.05, 0.1) is 0 Å². The molecule has 1 nitrogen and oxygen atoms in total. The number of hydrogen-bond donors (Lipinski definition) is 1. The Labute approximate surface area is 136 Å². The topological polar surface area (TPSA) is 12.0 Å². The van der Waals surface area contributed by atoms with E-state index in [1.807, 2.05) is 25.2 Å². The Morgan fingerprint density at radius 2 is 2.00 bits per heavy atom. The van der Waals surface area contributed by atoms with Crippen molar-refractivity contribution < 1.29 is 8.78 Å². The van der Waals surface area contributed by atoms with Crippen molar-refractivity contribution >= 4 is 27.7 Å². The molecule has 1 unspecified atom stereocenters. The minimum atomic E-state index is -0.541. The molecule has 2 aromatic carbocycles. The zero-order valence-corrected chi connectivity index (χ0v) is 14.0. The summed E-state index contributed by atoms with van der Waals surface area (Å²) in [7, 11) is 1.85. The van der Waals surface area contributed by atoms with E-state index in [-0.39, 0.29) is 6.04 Å². The molecule has 0 aliphatic rings. The standard InChI is InChI=1S/C16H16BrF2NS/c1-20-14(7-11-5-6-13(18)9-16(11)19)10-21-15-4-2-3-12(17)8-15/h2-6,8-9,14,20H,7,10H2,1H3. The zero-order chi connectivity index (χ0) is 15.2. The zero-order valence-electron chi connectivity index (χ0n) is 11.6. The van der Waals surface area contributed by atoms with Crippen LogP contribution in [0.25, 0.3) is 0 Å². The second kappa shape index (κ2) is 7.92. The van der Waals surface area contributed by atoms with E-state index in [4.69, 9.17) is 0 Å². The van der Waals surface area contributed by atoms with Crippen molar-refractivity contribution in [2.75, 3.05) is 12.8 Å². The van der Waals surface area contributed by atoms with E-state index in [0.717, 1.165) is 21.2 Å². The first kappa shape index (κ1) is 16.5. The third-order valence-electron chi connectivity index (χ3n) is 3.14. The summed E-state index contributed by atoms with van der Waals surface area (Å²) in [5, 5.41) is 3.18. The van der Waals surface area contributed by atoms with Crippen LogP contribution in [0.5, 0.6) is 0 Å². The van der Waals surface area contributed by atoms with Crippen molar-refractivity contribution in [3.63, 3.8) is 0 Å². The lowest BCUT2D eigenvalue weighted by Gasteiger charge is -2.16. The molecule has 2 aromatic rings. The highest BCUT2D eigenvalue weighted by molar-refractivity contribution is 9.10. The van der Waals surface area contributed by atoms with Crippen molar-refractivity contribution in [2.45, 2.75) is 17.4 Å². The highest BCUT2D eigenvalue weighted by atomic mass is 79.9. The van der Waals surface area contributed by atoms with Gasteiger partial charge in [-0.2, -0.15) is 0 Å². The maximum Gasteiger partial charge on any atom is 0.129 e. The molecule has 0 fully saturated rings. The lowest BCUT2D eigenvalue weighted by molar-refractivity contribution is 0.550. The van der Waals surface area contributed by atoms with Crippen molar-refractivity contribution in [1.29, 1.82) is 0 Å². The molecule has 5 heteroatoms. The molecule has 0 spiro atoms. The molecular weight excluding hydrogens is 356 g/mol. The van der Waals surface area contributed by atoms with Crippen LogP contribution in [0.15, 0.2) is 51.8 Å². The average molecular weight is 372 g/mol. The molecule has 0 heterocycles. The summed E-state index contributed by atoms with van der Waals surface area (Å²) in [5.41, 5.74) is 0.533. The van der Waals surface area contributed by atoms with Gasteiger partial charge in [0.2, 0.25) is 0 Å². The second-order valence-electron chi connectivity index (χ2n) is 4.69. The van der Waals surface area contributed by atoms with Crippen LogP contribution in [0.4, 0.5) is 8.78 Å². The van der Waals surface area contributed by atoms with Gasteiger partial charge >= 0.3 is 0 Å². The molecule has 1 N–H and O–H groups in total. The fraction of sp³-hybridized carbons (Fsp3) is 0.250. The Morgan fingerprint density at radius 1 is 1.19 bits per heavy atom. The Kier molecular flexibility index (Phi) is 6.21. The number of rotatable bonds is 6. The van der Waals surface area contributed by atoms with Gasteiger partial charge in [0.15, 0.2) is 0 Å². The third-order valence-corrected chi connectivity index (χ3v) is 4.79. The molecule has 0 saturated carbocycles. The van der Waals surface area contributed by atoms with Gasteiger partial charge in [-0.25, -0.2) is 8.78 Å². The summed E-state index contributed by atoms with van der Waals surface area (Å²) in [6, 6.07) is 11.9. The minimum Gasteiger partial charge on any atom is -0.316 e. The number of halogens is 3. The second-order valence-corrected chi connectivity index (χ2v) is 6.70. The molecule has 112 valence electrons. The Hall–Kier alpha value is -0.910. The third kappa shape index (κ3) is 5.09. The smallest absolute Gasteiger partial charge is 0.129 e. The van der Waals surface area contributed by atoms with E-state index in [1.165, 1.54) is 12.1 Å². The molecule has 0 radical (unpaired) electrons. The molecule has 2 rings (SSSR count). The Morgan fingerprint density at radius 3 is 2.67 bits per heavy atom. The molecule has 0 amide bonds. The lowest BCUT2D eigenvalue weighted by Crippen LogP contribution is -2.30. The van der Waals surface area contributed by atoms with E-state index in [0.29, 0.717) is 12.0 Å². The van der Waals surface area contributed by atoms with Gasteiger partial charge in [0.25, 0.3) is 0 Å². The number of nitrogens with one attached hydrogen (secondary N) is 1. The molecule has 0 saturated heterocycles. The molecular formula is C16H16BrF2NS. The number of thioether (sulfide) groups is 1. The first-order valence-electron chi connectivity index (χ1n) is 6.58. The first-order valence-corrected chi connectivity index (χ1v) is 8.36. The average Bonchev–Trinajstić information content (AvgIpc) is 2.45.